The summed E-state index contributed by atoms with van der Waals surface area (Å²) in [4.78, 5) is 15.7. The van der Waals surface area contributed by atoms with Gasteiger partial charge in [0.25, 0.3) is 0 Å². The van der Waals surface area contributed by atoms with Crippen molar-refractivity contribution >= 4 is 28.5 Å². The van der Waals surface area contributed by atoms with Crippen molar-refractivity contribution in [3.05, 3.63) is 76.2 Å². The highest BCUT2D eigenvalue weighted by molar-refractivity contribution is 7.11. The van der Waals surface area contributed by atoms with Gasteiger partial charge in [0, 0.05) is 28.4 Å². The van der Waals surface area contributed by atoms with Crippen molar-refractivity contribution in [1.82, 2.24) is 4.98 Å². The van der Waals surface area contributed by atoms with Gasteiger partial charge in [-0.3, -0.25) is 4.79 Å². The van der Waals surface area contributed by atoms with Crippen LogP contribution in [-0.4, -0.2) is 10.9 Å². The number of anilines is 1. The summed E-state index contributed by atoms with van der Waals surface area (Å²) in [6.45, 7) is 2.12. The Labute approximate surface area is 161 Å². The van der Waals surface area contributed by atoms with Crippen molar-refractivity contribution in [2.24, 2.45) is 5.73 Å². The number of hydrogen-bond acceptors (Lipinski definition) is 5. The van der Waals surface area contributed by atoms with Gasteiger partial charge < -0.3 is 11.1 Å². The zero-order valence-corrected chi connectivity index (χ0v) is 15.6. The van der Waals surface area contributed by atoms with E-state index < -0.39 is 5.91 Å². The number of nitrogens with one attached hydrogen (secondary N) is 1. The molecule has 1 heterocycles. The summed E-state index contributed by atoms with van der Waals surface area (Å²) < 4.78 is 0. The van der Waals surface area contributed by atoms with Crippen LogP contribution >= 0.6 is 11.3 Å². The van der Waals surface area contributed by atoms with E-state index in [2.05, 4.69) is 35.4 Å². The molecule has 0 aliphatic heterocycles. The second kappa shape index (κ2) is 8.30. The first-order valence-electron chi connectivity index (χ1n) is 8.42. The highest BCUT2D eigenvalue weighted by Crippen LogP contribution is 2.26. The predicted molar refractivity (Wildman–Crippen MR) is 109 cm³/mol. The van der Waals surface area contributed by atoms with Gasteiger partial charge in [0.05, 0.1) is 5.69 Å². The van der Waals surface area contributed by atoms with E-state index in [1.54, 1.807) is 30.5 Å². The number of benzene rings is 2. The number of aromatic nitrogens is 1. The molecule has 0 saturated carbocycles. The van der Waals surface area contributed by atoms with Gasteiger partial charge in [-0.25, -0.2) is 4.98 Å². The number of nitriles is 1. The highest BCUT2D eigenvalue weighted by atomic mass is 32.1. The van der Waals surface area contributed by atoms with Gasteiger partial charge in [-0.1, -0.05) is 31.2 Å². The van der Waals surface area contributed by atoms with Crippen molar-refractivity contribution in [2.75, 3.05) is 5.32 Å². The Bertz CT molecular complexity index is 1010. The Morgan fingerprint density at radius 2 is 1.93 bits per heavy atom. The van der Waals surface area contributed by atoms with Crippen molar-refractivity contribution in [2.45, 2.75) is 13.3 Å². The molecule has 0 radical (unpaired) electrons. The Balaban J connectivity index is 1.77. The third kappa shape index (κ3) is 4.40. The van der Waals surface area contributed by atoms with E-state index in [1.807, 2.05) is 17.5 Å². The summed E-state index contributed by atoms with van der Waals surface area (Å²) in [7, 11) is 0. The first kappa shape index (κ1) is 18.4. The van der Waals surface area contributed by atoms with Crippen molar-refractivity contribution in [3.63, 3.8) is 0 Å². The minimum absolute atomic E-state index is 0.434. The molecule has 2 aromatic carbocycles. The summed E-state index contributed by atoms with van der Waals surface area (Å²) in [5.41, 5.74) is 10.0. The molecule has 5 nitrogen and oxygen atoms in total. The van der Waals surface area contributed by atoms with Crippen molar-refractivity contribution in [1.29, 1.82) is 5.26 Å². The Morgan fingerprint density at radius 1 is 1.22 bits per heavy atom. The van der Waals surface area contributed by atoms with E-state index >= 15 is 0 Å². The topological polar surface area (TPSA) is 91.8 Å². The minimum Gasteiger partial charge on any atom is -0.366 e. The largest absolute Gasteiger partial charge is 0.366 e. The molecule has 1 aromatic heterocycles. The molecule has 0 bridgehead atoms. The molecule has 0 aliphatic carbocycles. The first-order chi connectivity index (χ1) is 13.1. The van der Waals surface area contributed by atoms with Crippen LogP contribution in [0, 0.1) is 11.3 Å². The molecule has 6 heteroatoms. The maximum atomic E-state index is 11.1. The van der Waals surface area contributed by atoms with Gasteiger partial charge in [-0.15, -0.1) is 11.3 Å². The number of thiazole rings is 1. The third-order valence-corrected chi connectivity index (χ3v) is 4.94. The Hall–Kier alpha value is -3.43. The fraction of sp³-hybridized carbons (Fsp3) is 0.0952. The van der Waals surface area contributed by atoms with E-state index in [0.717, 1.165) is 23.4 Å². The van der Waals surface area contributed by atoms with Crippen LogP contribution in [-0.2, 0) is 6.42 Å². The smallest absolute Gasteiger partial charge is 0.248 e. The molecule has 27 heavy (non-hydrogen) atoms. The van der Waals surface area contributed by atoms with Gasteiger partial charge in [0.1, 0.15) is 16.6 Å². The number of primary amides is 1. The molecular formula is C21H18N4OS. The van der Waals surface area contributed by atoms with Gasteiger partial charge in [-0.05, 0) is 36.2 Å². The number of hydrogen-bond donors (Lipinski definition) is 2. The summed E-state index contributed by atoms with van der Waals surface area (Å²) in [5.74, 6) is -0.475. The van der Waals surface area contributed by atoms with E-state index in [9.17, 15) is 10.1 Å². The molecule has 3 rings (SSSR count). The molecule has 0 unspecified atom stereocenters. The lowest BCUT2D eigenvalue weighted by Gasteiger charge is -2.02. The van der Waals surface area contributed by atoms with Crippen molar-refractivity contribution in [3.8, 4) is 17.3 Å². The zero-order valence-electron chi connectivity index (χ0n) is 14.8. The predicted octanol–water partition coefficient (Wildman–Crippen LogP) is 4.45. The molecule has 0 saturated heterocycles. The van der Waals surface area contributed by atoms with Gasteiger partial charge in [0.2, 0.25) is 5.91 Å². The summed E-state index contributed by atoms with van der Waals surface area (Å²) in [6.07, 6.45) is 2.61. The molecule has 0 aliphatic rings. The van der Waals surface area contributed by atoms with Crippen LogP contribution in [0.25, 0.3) is 16.8 Å². The lowest BCUT2D eigenvalue weighted by Crippen LogP contribution is -2.10. The number of carbonyl (C=O) groups is 1. The summed E-state index contributed by atoms with van der Waals surface area (Å²) in [5, 5.41) is 15.1. The molecule has 134 valence electrons. The maximum Gasteiger partial charge on any atom is 0.248 e. The number of rotatable bonds is 6. The fourth-order valence-electron chi connectivity index (χ4n) is 2.47. The first-order valence-corrected chi connectivity index (χ1v) is 9.30. The molecule has 3 N–H and O–H groups in total. The number of aryl methyl sites for hydroxylation is 1. The number of carbonyl (C=O) groups excluding carboxylic acids is 1. The molecule has 3 aromatic rings. The number of nitrogens with zero attached hydrogens (tertiary/aromatic N) is 2. The third-order valence-electron chi connectivity index (χ3n) is 4.07. The lowest BCUT2D eigenvalue weighted by molar-refractivity contribution is 0.100. The van der Waals surface area contributed by atoms with Crippen LogP contribution in [0.1, 0.15) is 27.9 Å². The van der Waals surface area contributed by atoms with E-state index in [-0.39, 0.29) is 0 Å². The van der Waals surface area contributed by atoms with Crippen LogP contribution < -0.4 is 11.1 Å². The number of allylic oxidation sites excluding steroid dienone is 1. The van der Waals surface area contributed by atoms with Crippen LogP contribution in [0.4, 0.5) is 5.69 Å². The van der Waals surface area contributed by atoms with E-state index in [0.29, 0.717) is 16.1 Å². The molecule has 0 spiro atoms. The SMILES string of the molecule is CCc1ccc(-c2csc(/C(C#N)=C/Nc3ccc(C(N)=O)cc3)n2)cc1. The molecule has 0 atom stereocenters. The normalized spacial score (nSPS) is 11.0. The van der Waals surface area contributed by atoms with Gasteiger partial charge in [0.15, 0.2) is 0 Å². The van der Waals surface area contributed by atoms with E-state index in [4.69, 9.17) is 5.73 Å². The summed E-state index contributed by atoms with van der Waals surface area (Å²) in [6, 6.07) is 17.2. The fourth-order valence-corrected chi connectivity index (χ4v) is 3.26. The second-order valence-corrected chi connectivity index (χ2v) is 6.70. The van der Waals surface area contributed by atoms with Crippen LogP contribution in [0.2, 0.25) is 0 Å². The molecule has 1 amide bonds. The second-order valence-electron chi connectivity index (χ2n) is 5.84. The van der Waals surface area contributed by atoms with Crippen LogP contribution in [0.3, 0.4) is 0 Å². The Morgan fingerprint density at radius 3 is 2.52 bits per heavy atom. The minimum atomic E-state index is -0.475. The lowest BCUT2D eigenvalue weighted by atomic mass is 10.1. The Kier molecular flexibility index (Phi) is 5.64. The average Bonchev–Trinajstić information content (AvgIpc) is 3.19. The monoisotopic (exact) mass is 374 g/mol. The van der Waals surface area contributed by atoms with E-state index in [1.165, 1.54) is 16.9 Å². The highest BCUT2D eigenvalue weighted by Gasteiger charge is 2.09. The molecule has 0 fully saturated rings. The van der Waals surface area contributed by atoms with Crippen LogP contribution in [0.5, 0.6) is 0 Å². The molecular weight excluding hydrogens is 356 g/mol. The van der Waals surface area contributed by atoms with Gasteiger partial charge >= 0.3 is 0 Å². The zero-order chi connectivity index (χ0) is 19.2. The standard InChI is InChI=1S/C21H18N4OS/c1-2-14-3-5-15(6-4-14)19-13-27-21(25-19)17(11-22)12-24-18-9-7-16(8-10-18)20(23)26/h3-10,12-13,24H,2H2,1H3,(H2,23,26)/b17-12+. The summed E-state index contributed by atoms with van der Waals surface area (Å²) >= 11 is 1.43. The maximum absolute atomic E-state index is 11.1. The van der Waals surface area contributed by atoms with Crippen molar-refractivity contribution < 1.29 is 4.79 Å². The quantitative estimate of drug-likeness (QED) is 0.624. The number of amides is 1. The van der Waals surface area contributed by atoms with Crippen LogP contribution in [0.15, 0.2) is 60.1 Å². The average molecular weight is 374 g/mol. The number of nitrogens with two attached hydrogens (primary N) is 1. The van der Waals surface area contributed by atoms with Gasteiger partial charge in [-0.2, -0.15) is 5.26 Å².